The molecule has 9 heteroatoms. The van der Waals surface area contributed by atoms with Crippen LogP contribution in [0.15, 0.2) is 59.8 Å². The molecule has 0 saturated heterocycles. The van der Waals surface area contributed by atoms with Gasteiger partial charge in [-0.05, 0) is 42.9 Å². The first-order chi connectivity index (χ1) is 12.5. The number of nitriles is 1. The van der Waals surface area contributed by atoms with Crippen molar-refractivity contribution in [3.05, 3.63) is 71.1 Å². The van der Waals surface area contributed by atoms with Gasteiger partial charge in [-0.1, -0.05) is 23.7 Å². The second-order valence-corrected chi connectivity index (χ2v) is 7.70. The van der Waals surface area contributed by atoms with Crippen LogP contribution >= 0.6 is 24.0 Å². The topological polar surface area (TPSA) is 87.8 Å². The molecule has 27 heavy (non-hydrogen) atoms. The molecule has 2 aromatic heterocycles. The van der Waals surface area contributed by atoms with Gasteiger partial charge in [-0.2, -0.15) is 5.26 Å². The van der Waals surface area contributed by atoms with Gasteiger partial charge in [0.2, 0.25) is 0 Å². The number of nitrogens with one attached hydrogen (secondary N) is 1. The molecule has 0 unspecified atom stereocenters. The minimum absolute atomic E-state index is 0. The van der Waals surface area contributed by atoms with E-state index in [0.717, 1.165) is 9.54 Å². The van der Waals surface area contributed by atoms with Gasteiger partial charge >= 0.3 is 0 Å². The molecule has 0 aliphatic heterocycles. The van der Waals surface area contributed by atoms with E-state index in [-0.39, 0.29) is 28.0 Å². The molecule has 0 radical (unpaired) electrons. The van der Waals surface area contributed by atoms with Gasteiger partial charge in [0, 0.05) is 24.5 Å². The third kappa shape index (κ3) is 3.99. The summed E-state index contributed by atoms with van der Waals surface area (Å²) in [5.41, 5.74) is 1.70. The third-order valence-corrected chi connectivity index (χ3v) is 5.96. The number of nitrogens with zero attached hydrogens (tertiary/aromatic N) is 3. The molecular formula is C18H16Cl2N4O2S. The van der Waals surface area contributed by atoms with Crippen LogP contribution < -0.4 is 5.32 Å². The summed E-state index contributed by atoms with van der Waals surface area (Å²) >= 11 is 6.11. The average molecular weight is 423 g/mol. The molecule has 0 atom stereocenters. The van der Waals surface area contributed by atoms with Crippen molar-refractivity contribution in [1.82, 2.24) is 14.3 Å². The van der Waals surface area contributed by atoms with Crippen molar-refractivity contribution in [3.8, 4) is 17.3 Å². The molecule has 0 amide bonds. The summed E-state index contributed by atoms with van der Waals surface area (Å²) in [7, 11) is -2.18. The van der Waals surface area contributed by atoms with E-state index in [1.54, 1.807) is 37.4 Å². The van der Waals surface area contributed by atoms with E-state index in [9.17, 15) is 13.7 Å². The van der Waals surface area contributed by atoms with Gasteiger partial charge in [-0.15, -0.1) is 12.4 Å². The zero-order valence-electron chi connectivity index (χ0n) is 14.3. The van der Waals surface area contributed by atoms with E-state index in [0.29, 0.717) is 17.8 Å². The van der Waals surface area contributed by atoms with Crippen LogP contribution in [0.4, 0.5) is 0 Å². The SMILES string of the molecule is CNCc1cc(-c2cccnc2C#N)n(S(=O)(=O)c2ccccc2Cl)c1.Cl. The highest BCUT2D eigenvalue weighted by Crippen LogP contribution is 2.31. The van der Waals surface area contributed by atoms with E-state index < -0.39 is 10.0 Å². The summed E-state index contributed by atoms with van der Waals surface area (Å²) in [6.45, 7) is 0.472. The van der Waals surface area contributed by atoms with E-state index in [2.05, 4.69) is 10.3 Å². The zero-order chi connectivity index (χ0) is 18.7. The Morgan fingerprint density at radius 3 is 2.67 bits per heavy atom. The molecule has 6 nitrogen and oxygen atoms in total. The Balaban J connectivity index is 0.00000261. The zero-order valence-corrected chi connectivity index (χ0v) is 16.6. The van der Waals surface area contributed by atoms with Crippen LogP contribution in [0, 0.1) is 11.3 Å². The van der Waals surface area contributed by atoms with Crippen molar-refractivity contribution < 1.29 is 8.42 Å². The second kappa shape index (κ2) is 8.55. The summed E-state index contributed by atoms with van der Waals surface area (Å²) in [6.07, 6.45) is 3.02. The Morgan fingerprint density at radius 2 is 2.00 bits per heavy atom. The lowest BCUT2D eigenvalue weighted by molar-refractivity contribution is 0.588. The van der Waals surface area contributed by atoms with Crippen molar-refractivity contribution in [1.29, 1.82) is 5.26 Å². The van der Waals surface area contributed by atoms with E-state index in [4.69, 9.17) is 11.6 Å². The van der Waals surface area contributed by atoms with Crippen LogP contribution in [-0.2, 0) is 16.6 Å². The van der Waals surface area contributed by atoms with Gasteiger partial charge in [-0.3, -0.25) is 0 Å². The lowest BCUT2D eigenvalue weighted by Gasteiger charge is -2.12. The fraction of sp³-hybridized carbons (Fsp3) is 0.111. The van der Waals surface area contributed by atoms with Crippen molar-refractivity contribution in [2.75, 3.05) is 7.05 Å². The number of hydrogen-bond donors (Lipinski definition) is 1. The number of pyridine rings is 1. The molecule has 3 rings (SSSR count). The van der Waals surface area contributed by atoms with Crippen LogP contribution in [0.1, 0.15) is 11.3 Å². The molecule has 3 aromatic rings. The van der Waals surface area contributed by atoms with Crippen LogP contribution in [0.2, 0.25) is 5.02 Å². The Bertz CT molecular complexity index is 1100. The Morgan fingerprint density at radius 1 is 1.26 bits per heavy atom. The molecule has 0 aliphatic rings. The number of halogens is 2. The van der Waals surface area contributed by atoms with Gasteiger partial charge in [-0.25, -0.2) is 17.4 Å². The van der Waals surface area contributed by atoms with Crippen LogP contribution in [0.25, 0.3) is 11.3 Å². The Labute approximate surface area is 168 Å². The van der Waals surface area contributed by atoms with Crippen LogP contribution in [-0.4, -0.2) is 24.4 Å². The summed E-state index contributed by atoms with van der Waals surface area (Å²) in [5, 5.41) is 12.5. The molecule has 0 bridgehead atoms. The predicted octanol–water partition coefficient (Wildman–Crippen LogP) is 3.45. The summed E-state index contributed by atoms with van der Waals surface area (Å²) in [4.78, 5) is 4.03. The Kier molecular flexibility index (Phi) is 6.63. The van der Waals surface area contributed by atoms with Crippen molar-refractivity contribution in [2.24, 2.45) is 0 Å². The maximum absolute atomic E-state index is 13.2. The van der Waals surface area contributed by atoms with Crippen molar-refractivity contribution in [2.45, 2.75) is 11.4 Å². The molecular weight excluding hydrogens is 407 g/mol. The van der Waals surface area contributed by atoms with Crippen molar-refractivity contribution in [3.63, 3.8) is 0 Å². The van der Waals surface area contributed by atoms with Gasteiger partial charge < -0.3 is 5.32 Å². The maximum atomic E-state index is 13.2. The molecule has 2 heterocycles. The molecule has 0 aliphatic carbocycles. The summed E-state index contributed by atoms with van der Waals surface area (Å²) < 4.78 is 27.6. The first kappa shape index (κ1) is 20.9. The van der Waals surface area contributed by atoms with Crippen LogP contribution in [0.5, 0.6) is 0 Å². The highest BCUT2D eigenvalue weighted by Gasteiger charge is 2.25. The van der Waals surface area contributed by atoms with Crippen LogP contribution in [0.3, 0.4) is 0 Å². The molecule has 0 fully saturated rings. The largest absolute Gasteiger partial charge is 0.316 e. The second-order valence-electron chi connectivity index (χ2n) is 5.51. The summed E-state index contributed by atoms with van der Waals surface area (Å²) in [5.74, 6) is 0. The highest BCUT2D eigenvalue weighted by atomic mass is 35.5. The third-order valence-electron chi connectivity index (χ3n) is 3.79. The van der Waals surface area contributed by atoms with Crippen molar-refractivity contribution >= 4 is 34.0 Å². The van der Waals surface area contributed by atoms with Gasteiger partial charge in [0.15, 0.2) is 0 Å². The van der Waals surface area contributed by atoms with Gasteiger partial charge in [0.05, 0.1) is 10.7 Å². The molecule has 1 N–H and O–H groups in total. The molecule has 1 aromatic carbocycles. The lowest BCUT2D eigenvalue weighted by atomic mass is 10.1. The average Bonchev–Trinajstić information content (AvgIpc) is 3.07. The predicted molar refractivity (Wildman–Crippen MR) is 106 cm³/mol. The quantitative estimate of drug-likeness (QED) is 0.679. The minimum Gasteiger partial charge on any atom is -0.316 e. The Hall–Kier alpha value is -2.37. The number of aromatic nitrogens is 2. The monoisotopic (exact) mass is 422 g/mol. The standard InChI is InChI=1S/C18H15ClN4O2S.ClH/c1-21-11-13-9-17(14-5-4-8-22-16(14)10-20)23(12-13)26(24,25)18-7-3-2-6-15(18)19;/h2-9,12,21H,11H2,1H3;1H. The fourth-order valence-electron chi connectivity index (χ4n) is 2.65. The number of rotatable bonds is 5. The first-order valence-corrected chi connectivity index (χ1v) is 9.52. The normalized spacial score (nSPS) is 10.9. The minimum atomic E-state index is -3.95. The summed E-state index contributed by atoms with van der Waals surface area (Å²) in [6, 6.07) is 13.3. The molecule has 0 spiro atoms. The van der Waals surface area contributed by atoms with E-state index in [1.807, 2.05) is 6.07 Å². The smallest absolute Gasteiger partial charge is 0.269 e. The van der Waals surface area contributed by atoms with Gasteiger partial charge in [0.1, 0.15) is 16.7 Å². The number of hydrogen-bond acceptors (Lipinski definition) is 5. The lowest BCUT2D eigenvalue weighted by Crippen LogP contribution is -2.14. The maximum Gasteiger partial charge on any atom is 0.269 e. The van der Waals surface area contributed by atoms with E-state index in [1.165, 1.54) is 24.5 Å². The molecule has 0 saturated carbocycles. The molecule has 140 valence electrons. The number of benzene rings is 1. The van der Waals surface area contributed by atoms with Gasteiger partial charge in [0.25, 0.3) is 10.0 Å². The fourth-order valence-corrected chi connectivity index (χ4v) is 4.54. The van der Waals surface area contributed by atoms with E-state index >= 15 is 0 Å². The first-order valence-electron chi connectivity index (χ1n) is 7.70. The highest BCUT2D eigenvalue weighted by molar-refractivity contribution is 7.90.